The monoisotopic (exact) mass is 276 g/mol. The molecule has 5 heteroatoms. The van der Waals surface area contributed by atoms with E-state index in [-0.39, 0.29) is 0 Å². The molecule has 0 amide bonds. The van der Waals surface area contributed by atoms with Crippen molar-refractivity contribution in [2.24, 2.45) is 0 Å². The van der Waals surface area contributed by atoms with Gasteiger partial charge in [0.2, 0.25) is 0 Å². The van der Waals surface area contributed by atoms with Crippen molar-refractivity contribution in [1.29, 1.82) is 0 Å². The highest BCUT2D eigenvalue weighted by Gasteiger charge is 2.08. The Morgan fingerprint density at radius 3 is 2.80 bits per heavy atom. The number of aromatic nitrogens is 1. The first-order valence-electron chi connectivity index (χ1n) is 6.65. The Hall–Kier alpha value is -2.01. The Bertz CT molecular complexity index is 552. The molecule has 0 radical (unpaired) electrons. The third-order valence-corrected chi connectivity index (χ3v) is 2.88. The summed E-state index contributed by atoms with van der Waals surface area (Å²) in [7, 11) is 1.66. The number of hydrogen-bond donors (Lipinski definition) is 1. The molecule has 5 nitrogen and oxygen atoms in total. The van der Waals surface area contributed by atoms with Gasteiger partial charge in [0.1, 0.15) is 18.1 Å². The third kappa shape index (κ3) is 3.74. The fraction of sp³-hybridized carbons (Fsp3) is 0.400. The Morgan fingerprint density at radius 2 is 2.15 bits per heavy atom. The average Bonchev–Trinajstić information content (AvgIpc) is 2.89. The van der Waals surface area contributed by atoms with Crippen LogP contribution in [0.1, 0.15) is 23.9 Å². The van der Waals surface area contributed by atoms with Crippen LogP contribution in [0.2, 0.25) is 0 Å². The summed E-state index contributed by atoms with van der Waals surface area (Å²) in [4.78, 5) is 0. The van der Waals surface area contributed by atoms with E-state index in [2.05, 4.69) is 17.4 Å². The first-order valence-corrected chi connectivity index (χ1v) is 6.65. The van der Waals surface area contributed by atoms with E-state index < -0.39 is 0 Å². The number of methoxy groups -OCH3 is 1. The van der Waals surface area contributed by atoms with Gasteiger partial charge < -0.3 is 19.3 Å². The molecule has 2 aromatic rings. The topological polar surface area (TPSA) is 56.5 Å². The molecule has 1 heterocycles. The molecule has 0 atom stereocenters. The molecule has 0 fully saturated rings. The number of hydrogen-bond acceptors (Lipinski definition) is 5. The van der Waals surface area contributed by atoms with Crippen molar-refractivity contribution in [3.63, 3.8) is 0 Å². The van der Waals surface area contributed by atoms with Crippen molar-refractivity contribution in [1.82, 2.24) is 10.5 Å². The van der Waals surface area contributed by atoms with E-state index in [9.17, 15) is 0 Å². The number of aryl methyl sites for hydroxylation is 1. The van der Waals surface area contributed by atoms with Crippen molar-refractivity contribution < 1.29 is 14.0 Å². The molecule has 1 aromatic heterocycles. The zero-order chi connectivity index (χ0) is 14.4. The van der Waals surface area contributed by atoms with Gasteiger partial charge in [0, 0.05) is 18.2 Å². The van der Waals surface area contributed by atoms with E-state index in [4.69, 9.17) is 14.0 Å². The van der Waals surface area contributed by atoms with Gasteiger partial charge in [-0.15, -0.1) is 0 Å². The van der Waals surface area contributed by atoms with E-state index in [1.807, 2.05) is 31.2 Å². The van der Waals surface area contributed by atoms with E-state index >= 15 is 0 Å². The lowest BCUT2D eigenvalue weighted by Crippen LogP contribution is -2.13. The number of benzene rings is 1. The van der Waals surface area contributed by atoms with Crippen LogP contribution in [0.15, 0.2) is 28.8 Å². The molecule has 0 aliphatic rings. The van der Waals surface area contributed by atoms with E-state index in [1.165, 1.54) is 0 Å². The maximum absolute atomic E-state index is 5.80. The fourth-order valence-electron chi connectivity index (χ4n) is 1.85. The van der Waals surface area contributed by atoms with E-state index in [1.54, 1.807) is 7.11 Å². The lowest BCUT2D eigenvalue weighted by Gasteiger charge is -2.12. The molecule has 0 bridgehead atoms. The van der Waals surface area contributed by atoms with Gasteiger partial charge in [0.25, 0.3) is 0 Å². The van der Waals surface area contributed by atoms with Gasteiger partial charge in [-0.2, -0.15) is 0 Å². The smallest absolute Gasteiger partial charge is 0.174 e. The highest BCUT2D eigenvalue weighted by molar-refractivity contribution is 5.40. The number of rotatable bonds is 7. The normalized spacial score (nSPS) is 10.6. The zero-order valence-electron chi connectivity index (χ0n) is 12.1. The Kier molecular flexibility index (Phi) is 5.01. The van der Waals surface area contributed by atoms with Crippen LogP contribution in [-0.2, 0) is 13.2 Å². The molecule has 108 valence electrons. The van der Waals surface area contributed by atoms with Crippen molar-refractivity contribution in [3.8, 4) is 11.5 Å². The standard InChI is InChI=1S/C15H20N2O3/c1-4-16-9-12-8-13(18-3)5-6-15(12)19-10-14-7-11(2)17-20-14/h5-8,16H,4,9-10H2,1-3H3. The third-order valence-electron chi connectivity index (χ3n) is 2.88. The Labute approximate surface area is 118 Å². The van der Waals surface area contributed by atoms with Gasteiger partial charge in [0.15, 0.2) is 5.76 Å². The van der Waals surface area contributed by atoms with Crippen molar-refractivity contribution in [3.05, 3.63) is 41.3 Å². The second-order valence-electron chi connectivity index (χ2n) is 4.48. The minimum Gasteiger partial charge on any atom is -0.497 e. The summed E-state index contributed by atoms with van der Waals surface area (Å²) in [5.41, 5.74) is 1.91. The highest BCUT2D eigenvalue weighted by Crippen LogP contribution is 2.25. The Morgan fingerprint density at radius 1 is 1.30 bits per heavy atom. The van der Waals surface area contributed by atoms with Gasteiger partial charge in [-0.1, -0.05) is 12.1 Å². The molecular weight excluding hydrogens is 256 g/mol. The molecule has 2 rings (SSSR count). The van der Waals surface area contributed by atoms with Crippen LogP contribution >= 0.6 is 0 Å². The molecule has 0 unspecified atom stereocenters. The molecule has 20 heavy (non-hydrogen) atoms. The lowest BCUT2D eigenvalue weighted by molar-refractivity contribution is 0.246. The molecule has 0 aliphatic carbocycles. The number of nitrogens with one attached hydrogen (secondary N) is 1. The number of nitrogens with zero attached hydrogens (tertiary/aromatic N) is 1. The zero-order valence-corrected chi connectivity index (χ0v) is 12.1. The van der Waals surface area contributed by atoms with Crippen molar-refractivity contribution in [2.45, 2.75) is 27.0 Å². The largest absolute Gasteiger partial charge is 0.497 e. The van der Waals surface area contributed by atoms with E-state index in [0.717, 1.165) is 35.8 Å². The fourth-order valence-corrected chi connectivity index (χ4v) is 1.85. The van der Waals surface area contributed by atoms with Gasteiger partial charge in [-0.05, 0) is 31.7 Å². The summed E-state index contributed by atoms with van der Waals surface area (Å²) in [5.74, 6) is 2.36. The van der Waals surface area contributed by atoms with Crippen LogP contribution in [0, 0.1) is 6.92 Å². The molecule has 1 aromatic carbocycles. The first kappa shape index (κ1) is 14.4. The molecule has 0 saturated carbocycles. The van der Waals surface area contributed by atoms with Gasteiger partial charge in [-0.25, -0.2) is 0 Å². The Balaban J connectivity index is 2.08. The minimum absolute atomic E-state index is 0.367. The van der Waals surface area contributed by atoms with Gasteiger partial charge in [0.05, 0.1) is 12.8 Å². The van der Waals surface area contributed by atoms with E-state index in [0.29, 0.717) is 12.4 Å². The van der Waals surface area contributed by atoms with Crippen LogP contribution in [0.4, 0.5) is 0 Å². The van der Waals surface area contributed by atoms with Crippen LogP contribution in [0.3, 0.4) is 0 Å². The SMILES string of the molecule is CCNCc1cc(OC)ccc1OCc1cc(C)no1. The second-order valence-corrected chi connectivity index (χ2v) is 4.48. The van der Waals surface area contributed by atoms with Crippen LogP contribution in [0.25, 0.3) is 0 Å². The van der Waals surface area contributed by atoms with Crippen molar-refractivity contribution in [2.75, 3.05) is 13.7 Å². The second kappa shape index (κ2) is 6.96. The van der Waals surface area contributed by atoms with Crippen LogP contribution in [0.5, 0.6) is 11.5 Å². The van der Waals surface area contributed by atoms with Crippen LogP contribution in [-0.4, -0.2) is 18.8 Å². The quantitative estimate of drug-likeness (QED) is 0.842. The molecular formula is C15H20N2O3. The van der Waals surface area contributed by atoms with Gasteiger partial charge in [-0.3, -0.25) is 0 Å². The summed E-state index contributed by atoms with van der Waals surface area (Å²) in [5, 5.41) is 7.13. The minimum atomic E-state index is 0.367. The van der Waals surface area contributed by atoms with Crippen molar-refractivity contribution >= 4 is 0 Å². The molecule has 0 aliphatic heterocycles. The maximum atomic E-state index is 5.80. The summed E-state index contributed by atoms with van der Waals surface area (Å²) in [6.45, 7) is 5.96. The summed E-state index contributed by atoms with van der Waals surface area (Å²) >= 11 is 0. The summed E-state index contributed by atoms with van der Waals surface area (Å²) in [6, 6.07) is 7.64. The summed E-state index contributed by atoms with van der Waals surface area (Å²) < 4.78 is 16.2. The highest BCUT2D eigenvalue weighted by atomic mass is 16.5. The predicted octanol–water partition coefficient (Wildman–Crippen LogP) is 2.68. The van der Waals surface area contributed by atoms with Crippen LogP contribution < -0.4 is 14.8 Å². The predicted molar refractivity (Wildman–Crippen MR) is 75.9 cm³/mol. The molecule has 1 N–H and O–H groups in total. The summed E-state index contributed by atoms with van der Waals surface area (Å²) in [6.07, 6.45) is 0. The number of ether oxygens (including phenoxy) is 2. The van der Waals surface area contributed by atoms with Gasteiger partial charge >= 0.3 is 0 Å². The average molecular weight is 276 g/mol. The molecule has 0 saturated heterocycles. The maximum Gasteiger partial charge on any atom is 0.174 e. The lowest BCUT2D eigenvalue weighted by atomic mass is 10.2. The molecule has 0 spiro atoms. The first-order chi connectivity index (χ1) is 9.72.